The Bertz CT molecular complexity index is 955. The Labute approximate surface area is 176 Å². The Morgan fingerprint density at radius 3 is 2.66 bits per heavy atom. The number of halogens is 1. The molecule has 1 amide bonds. The van der Waals surface area contributed by atoms with Gasteiger partial charge in [0.05, 0.1) is 12.7 Å². The van der Waals surface area contributed by atoms with E-state index in [1.54, 1.807) is 13.2 Å². The second-order valence-corrected chi connectivity index (χ2v) is 7.49. The van der Waals surface area contributed by atoms with E-state index in [9.17, 15) is 8.68 Å². The van der Waals surface area contributed by atoms with Gasteiger partial charge in [0, 0.05) is 24.2 Å². The van der Waals surface area contributed by atoms with Crippen molar-refractivity contribution in [2.75, 3.05) is 12.4 Å². The summed E-state index contributed by atoms with van der Waals surface area (Å²) in [6.07, 6.45) is 1.35. The molecule has 3 aromatic rings. The van der Waals surface area contributed by atoms with Crippen LogP contribution in [0, 0.1) is 0 Å². The summed E-state index contributed by atoms with van der Waals surface area (Å²) in [7, 11) is 4.44. The number of carbonyl (C=O) groups is 1. The molecule has 0 aliphatic heterocycles. The van der Waals surface area contributed by atoms with E-state index in [1.807, 2.05) is 48.5 Å². The Kier molecular flexibility index (Phi) is 7.58. The minimum atomic E-state index is -0.290. The summed E-state index contributed by atoms with van der Waals surface area (Å²) in [6.45, 7) is 0.673. The number of nitrogens with one attached hydrogen (secondary N) is 2. The largest absolute Gasteiger partial charge is 0.497 e. The number of methoxy groups -OCH3 is 1. The summed E-state index contributed by atoms with van der Waals surface area (Å²) < 4.78 is 17.7. The number of ether oxygens (including phenoxy) is 1. The maximum Gasteiger partial charge on any atom is 0.257 e. The molecule has 0 bridgehead atoms. The van der Waals surface area contributed by atoms with Crippen molar-refractivity contribution < 1.29 is 13.4 Å². The lowest BCUT2D eigenvalue weighted by Gasteiger charge is -2.15. The molecule has 0 fully saturated rings. The van der Waals surface area contributed by atoms with Gasteiger partial charge >= 0.3 is 0 Å². The average molecular weight is 429 g/mol. The van der Waals surface area contributed by atoms with Crippen LogP contribution >= 0.6 is 21.4 Å². The van der Waals surface area contributed by atoms with E-state index in [4.69, 9.17) is 4.74 Å². The third-order valence-corrected chi connectivity index (χ3v) is 5.29. The van der Waals surface area contributed by atoms with Crippen LogP contribution in [-0.4, -0.2) is 18.0 Å². The first-order valence-electron chi connectivity index (χ1n) is 8.87. The van der Waals surface area contributed by atoms with Crippen molar-refractivity contribution in [2.24, 2.45) is 0 Å². The van der Waals surface area contributed by atoms with Crippen molar-refractivity contribution in [3.63, 3.8) is 0 Å². The SMILES string of the molecule is COc1cccc(C(P)NCc2ccc(NC(=O)c3ccc(SF)nc3)cc2)c1. The van der Waals surface area contributed by atoms with E-state index < -0.39 is 0 Å². The third-order valence-electron chi connectivity index (χ3n) is 4.27. The average Bonchev–Trinajstić information content (AvgIpc) is 2.78. The molecule has 0 spiro atoms. The first kappa shape index (κ1) is 21.2. The molecule has 2 N–H and O–H groups in total. The zero-order valence-corrected chi connectivity index (χ0v) is 17.7. The Balaban J connectivity index is 1.54. The summed E-state index contributed by atoms with van der Waals surface area (Å²) >= 11 is 0.0452. The number of anilines is 1. The maximum absolute atomic E-state index is 12.4. The van der Waals surface area contributed by atoms with E-state index in [0.29, 0.717) is 17.8 Å². The van der Waals surface area contributed by atoms with Gasteiger partial charge in [-0.2, -0.15) is 3.89 Å². The fraction of sp³-hybridized carbons (Fsp3) is 0.143. The van der Waals surface area contributed by atoms with Gasteiger partial charge in [0.25, 0.3) is 5.91 Å². The second-order valence-electron chi connectivity index (χ2n) is 6.25. The van der Waals surface area contributed by atoms with Gasteiger partial charge in [-0.25, -0.2) is 4.98 Å². The van der Waals surface area contributed by atoms with Crippen LogP contribution in [0.15, 0.2) is 71.9 Å². The zero-order valence-electron chi connectivity index (χ0n) is 15.8. The number of amides is 1. The standard InChI is InChI=1S/C21H21FN3O2PS/c1-27-18-4-2-3-15(11-18)21(28)24-12-14-5-8-17(9-6-14)25-20(26)16-7-10-19(29-22)23-13-16/h2-11,13,21,24H,12,28H2,1H3,(H,25,26). The molecule has 29 heavy (non-hydrogen) atoms. The smallest absolute Gasteiger partial charge is 0.257 e. The van der Waals surface area contributed by atoms with Gasteiger partial charge in [-0.3, -0.25) is 4.79 Å². The van der Waals surface area contributed by atoms with Crippen LogP contribution in [0.4, 0.5) is 9.57 Å². The van der Waals surface area contributed by atoms with Gasteiger partial charge in [-0.05, 0) is 47.5 Å². The molecule has 0 radical (unpaired) electrons. The van der Waals surface area contributed by atoms with Crippen LogP contribution in [0.2, 0.25) is 0 Å². The van der Waals surface area contributed by atoms with Crippen molar-refractivity contribution >= 4 is 33.0 Å². The topological polar surface area (TPSA) is 63.2 Å². The van der Waals surface area contributed by atoms with Crippen LogP contribution in [0.3, 0.4) is 0 Å². The van der Waals surface area contributed by atoms with Crippen molar-refractivity contribution in [1.29, 1.82) is 0 Å². The van der Waals surface area contributed by atoms with E-state index >= 15 is 0 Å². The van der Waals surface area contributed by atoms with Gasteiger partial charge in [-0.1, -0.05) is 24.3 Å². The fourth-order valence-corrected chi connectivity index (χ4v) is 3.19. The van der Waals surface area contributed by atoms with Crippen molar-refractivity contribution in [3.8, 4) is 5.75 Å². The van der Waals surface area contributed by atoms with Crippen molar-refractivity contribution in [1.82, 2.24) is 10.3 Å². The summed E-state index contributed by atoms with van der Waals surface area (Å²) in [5, 5.41) is 6.47. The molecule has 0 aliphatic rings. The lowest BCUT2D eigenvalue weighted by molar-refractivity contribution is 0.102. The second kappa shape index (κ2) is 10.3. The van der Waals surface area contributed by atoms with Crippen LogP contribution in [0.5, 0.6) is 5.75 Å². The minimum absolute atomic E-state index is 0.0452. The highest BCUT2D eigenvalue weighted by molar-refractivity contribution is 7.94. The van der Waals surface area contributed by atoms with Crippen LogP contribution in [0.1, 0.15) is 27.3 Å². The van der Waals surface area contributed by atoms with Crippen LogP contribution in [0.25, 0.3) is 0 Å². The normalized spacial score (nSPS) is 11.7. The molecule has 150 valence electrons. The zero-order chi connectivity index (χ0) is 20.6. The third kappa shape index (κ3) is 6.00. The van der Waals surface area contributed by atoms with E-state index in [2.05, 4.69) is 24.9 Å². The highest BCUT2D eigenvalue weighted by Crippen LogP contribution is 2.24. The molecule has 1 heterocycles. The molecule has 0 saturated heterocycles. The first-order valence-corrected chi connectivity index (χ1v) is 10.3. The van der Waals surface area contributed by atoms with Crippen molar-refractivity contribution in [2.45, 2.75) is 17.4 Å². The predicted octanol–water partition coefficient (Wildman–Crippen LogP) is 4.98. The van der Waals surface area contributed by atoms with Gasteiger partial charge in [0.2, 0.25) is 0 Å². The molecule has 5 nitrogen and oxygen atoms in total. The number of hydrogen-bond donors (Lipinski definition) is 2. The molecule has 2 aromatic carbocycles. The molecular formula is C21H21FN3O2PS. The molecular weight excluding hydrogens is 408 g/mol. The molecule has 3 rings (SSSR count). The quantitative estimate of drug-likeness (QED) is 0.495. The summed E-state index contributed by atoms with van der Waals surface area (Å²) in [4.78, 5) is 16.1. The number of nitrogens with zero attached hydrogens (tertiary/aromatic N) is 1. The fourth-order valence-electron chi connectivity index (χ4n) is 2.65. The summed E-state index contributed by atoms with van der Waals surface area (Å²) in [5.41, 5.74) is 3.25. The Hall–Kier alpha value is -2.47. The number of rotatable bonds is 8. The molecule has 1 aromatic heterocycles. The lowest BCUT2D eigenvalue weighted by Crippen LogP contribution is -2.16. The molecule has 0 aliphatic carbocycles. The summed E-state index contributed by atoms with van der Waals surface area (Å²) in [6, 6.07) is 18.5. The highest BCUT2D eigenvalue weighted by atomic mass is 32.2. The Morgan fingerprint density at radius 1 is 1.21 bits per heavy atom. The minimum Gasteiger partial charge on any atom is -0.497 e. The Morgan fingerprint density at radius 2 is 2.00 bits per heavy atom. The van der Waals surface area contributed by atoms with Gasteiger partial charge < -0.3 is 15.4 Å². The van der Waals surface area contributed by atoms with Gasteiger partial charge in [0.1, 0.15) is 22.9 Å². The molecule has 2 atom stereocenters. The number of pyridine rings is 1. The van der Waals surface area contributed by atoms with Gasteiger partial charge in [0.15, 0.2) is 0 Å². The predicted molar refractivity (Wildman–Crippen MR) is 118 cm³/mol. The highest BCUT2D eigenvalue weighted by Gasteiger charge is 2.09. The van der Waals surface area contributed by atoms with E-state index in [1.165, 1.54) is 12.3 Å². The number of hydrogen-bond acceptors (Lipinski definition) is 5. The molecule has 0 saturated carbocycles. The van der Waals surface area contributed by atoms with E-state index in [-0.39, 0.29) is 28.9 Å². The van der Waals surface area contributed by atoms with Gasteiger partial charge in [-0.15, -0.1) is 9.24 Å². The van der Waals surface area contributed by atoms with Crippen molar-refractivity contribution in [3.05, 3.63) is 83.6 Å². The number of carbonyl (C=O) groups excluding carboxylic acids is 1. The summed E-state index contributed by atoms with van der Waals surface area (Å²) in [5.74, 6) is 0.620. The maximum atomic E-state index is 12.4. The number of aromatic nitrogens is 1. The monoisotopic (exact) mass is 429 g/mol. The molecule has 8 heteroatoms. The lowest BCUT2D eigenvalue weighted by atomic mass is 10.1. The van der Waals surface area contributed by atoms with E-state index in [0.717, 1.165) is 16.9 Å². The first-order chi connectivity index (χ1) is 14.1. The molecule has 2 unspecified atom stereocenters. The van der Waals surface area contributed by atoms with Crippen LogP contribution < -0.4 is 15.4 Å². The number of benzene rings is 2. The van der Waals surface area contributed by atoms with Crippen LogP contribution in [-0.2, 0) is 6.54 Å².